The van der Waals surface area contributed by atoms with Crippen LogP contribution in [-0.4, -0.2) is 44.9 Å². The highest BCUT2D eigenvalue weighted by Gasteiger charge is 2.38. The van der Waals surface area contributed by atoms with Crippen molar-refractivity contribution in [1.29, 1.82) is 0 Å². The minimum absolute atomic E-state index is 0.168. The number of aliphatic carboxylic acids is 1. The molecule has 1 amide bonds. The number of aryl methyl sites for hydroxylation is 3. The van der Waals surface area contributed by atoms with Crippen LogP contribution in [0, 0.1) is 20.8 Å². The molecule has 1 aliphatic heterocycles. The molecule has 180 valence electrons. The zero-order valence-corrected chi connectivity index (χ0v) is 19.4. The maximum Gasteiger partial charge on any atom is 0.490 e. The van der Waals surface area contributed by atoms with E-state index in [1.807, 2.05) is 51.1 Å². The van der Waals surface area contributed by atoms with E-state index in [4.69, 9.17) is 9.90 Å². The number of anilines is 3. The lowest BCUT2D eigenvalue weighted by molar-refractivity contribution is -0.192. The molecule has 34 heavy (non-hydrogen) atoms. The van der Waals surface area contributed by atoms with Crippen molar-refractivity contribution in [3.63, 3.8) is 0 Å². The van der Waals surface area contributed by atoms with Crippen molar-refractivity contribution in [2.45, 2.75) is 39.8 Å². The van der Waals surface area contributed by atoms with Gasteiger partial charge in [-0.15, -0.1) is 16.4 Å². The Morgan fingerprint density at radius 1 is 1.12 bits per heavy atom. The molecule has 4 rings (SSSR count). The van der Waals surface area contributed by atoms with E-state index in [0.29, 0.717) is 5.01 Å². The van der Waals surface area contributed by atoms with E-state index < -0.39 is 12.1 Å². The van der Waals surface area contributed by atoms with Crippen molar-refractivity contribution in [1.82, 2.24) is 15.2 Å². The number of hydrogen-bond donors (Lipinski definition) is 2. The largest absolute Gasteiger partial charge is 0.490 e. The van der Waals surface area contributed by atoms with Gasteiger partial charge >= 0.3 is 12.1 Å². The second kappa shape index (κ2) is 10.2. The minimum atomic E-state index is -5.08. The summed E-state index contributed by atoms with van der Waals surface area (Å²) in [6.45, 7) is 6.78. The molecule has 12 heteroatoms. The second-order valence-corrected chi connectivity index (χ2v) is 8.64. The van der Waals surface area contributed by atoms with E-state index >= 15 is 0 Å². The first-order valence-electron chi connectivity index (χ1n) is 10.2. The third kappa shape index (κ3) is 5.87. The predicted molar refractivity (Wildman–Crippen MR) is 122 cm³/mol. The fourth-order valence-electron chi connectivity index (χ4n) is 3.14. The summed E-state index contributed by atoms with van der Waals surface area (Å²) >= 11 is 1.46. The van der Waals surface area contributed by atoms with Crippen molar-refractivity contribution in [2.75, 3.05) is 16.8 Å². The van der Waals surface area contributed by atoms with Gasteiger partial charge in [-0.2, -0.15) is 18.3 Å². The first-order chi connectivity index (χ1) is 16.0. The number of carbonyl (C=O) groups is 2. The zero-order valence-electron chi connectivity index (χ0n) is 18.6. The first-order valence-corrected chi connectivity index (χ1v) is 11.0. The molecule has 2 aromatic heterocycles. The zero-order chi connectivity index (χ0) is 25.0. The van der Waals surface area contributed by atoms with Crippen LogP contribution in [0.4, 0.5) is 30.5 Å². The van der Waals surface area contributed by atoms with E-state index in [2.05, 4.69) is 25.4 Å². The number of nitrogens with zero attached hydrogens (tertiary/aromatic N) is 4. The van der Waals surface area contributed by atoms with Gasteiger partial charge in [-0.25, -0.2) is 9.78 Å². The number of halogens is 3. The molecule has 8 nitrogen and oxygen atoms in total. The molecule has 0 saturated heterocycles. The molecular formula is C22H22F3N5O3S. The first kappa shape index (κ1) is 25.1. The molecule has 0 saturated carbocycles. The lowest BCUT2D eigenvalue weighted by atomic mass is 10.1. The molecule has 0 unspecified atom stereocenters. The Kier molecular flexibility index (Phi) is 7.50. The molecule has 1 aliphatic rings. The molecule has 3 heterocycles. The Morgan fingerprint density at radius 2 is 1.82 bits per heavy atom. The third-order valence-electron chi connectivity index (χ3n) is 5.07. The molecule has 3 aromatic rings. The van der Waals surface area contributed by atoms with Crippen LogP contribution >= 0.6 is 11.3 Å². The summed E-state index contributed by atoms with van der Waals surface area (Å²) in [7, 11) is 0. The molecule has 1 aromatic carbocycles. The van der Waals surface area contributed by atoms with Crippen molar-refractivity contribution in [3.05, 3.63) is 57.0 Å². The number of nitrogens with one attached hydrogen (secondary N) is 1. The van der Waals surface area contributed by atoms with Crippen LogP contribution in [0.3, 0.4) is 0 Å². The lowest BCUT2D eigenvalue weighted by Crippen LogP contribution is -2.25. The van der Waals surface area contributed by atoms with E-state index in [-0.39, 0.29) is 5.91 Å². The molecule has 0 bridgehead atoms. The van der Waals surface area contributed by atoms with Gasteiger partial charge in [0.2, 0.25) is 0 Å². The van der Waals surface area contributed by atoms with Gasteiger partial charge in [0.25, 0.3) is 5.91 Å². The van der Waals surface area contributed by atoms with Crippen LogP contribution < -0.4 is 10.2 Å². The summed E-state index contributed by atoms with van der Waals surface area (Å²) in [6, 6.07) is 9.79. The Morgan fingerprint density at radius 3 is 2.44 bits per heavy atom. The van der Waals surface area contributed by atoms with E-state index in [0.717, 1.165) is 58.4 Å². The molecule has 0 atom stereocenters. The number of aromatic nitrogens is 3. The van der Waals surface area contributed by atoms with Crippen LogP contribution in [0.15, 0.2) is 30.3 Å². The summed E-state index contributed by atoms with van der Waals surface area (Å²) in [6.07, 6.45) is -3.15. The molecule has 0 radical (unpaired) electrons. The predicted octanol–water partition coefficient (Wildman–Crippen LogP) is 4.83. The van der Waals surface area contributed by atoms with Crippen LogP contribution in [0.2, 0.25) is 0 Å². The fraction of sp³-hybridized carbons (Fsp3) is 0.318. The quantitative estimate of drug-likeness (QED) is 0.538. The van der Waals surface area contributed by atoms with Crippen molar-refractivity contribution in [2.24, 2.45) is 0 Å². The Labute approximate surface area is 197 Å². The molecule has 0 aliphatic carbocycles. The number of thiazole rings is 1. The van der Waals surface area contributed by atoms with Crippen LogP contribution in [0.25, 0.3) is 0 Å². The number of hydrogen-bond acceptors (Lipinski definition) is 7. The number of carbonyl (C=O) groups excluding carboxylic acids is 1. The minimum Gasteiger partial charge on any atom is -0.475 e. The van der Waals surface area contributed by atoms with Gasteiger partial charge in [0.1, 0.15) is 5.82 Å². The number of fused-ring (bicyclic) bond motifs is 1. The van der Waals surface area contributed by atoms with Crippen LogP contribution in [0.5, 0.6) is 0 Å². The number of carboxylic acids is 1. The second-order valence-electron chi connectivity index (χ2n) is 7.56. The molecule has 2 N–H and O–H groups in total. The average molecular weight is 494 g/mol. The van der Waals surface area contributed by atoms with Crippen LogP contribution in [0.1, 0.15) is 37.9 Å². The monoisotopic (exact) mass is 493 g/mol. The van der Waals surface area contributed by atoms with E-state index in [1.165, 1.54) is 11.3 Å². The number of benzene rings is 1. The highest BCUT2D eigenvalue weighted by molar-refractivity contribution is 7.14. The van der Waals surface area contributed by atoms with Crippen LogP contribution in [-0.2, 0) is 11.2 Å². The topological polar surface area (TPSA) is 108 Å². The highest BCUT2D eigenvalue weighted by Crippen LogP contribution is 2.35. The van der Waals surface area contributed by atoms with Gasteiger partial charge in [-0.05, 0) is 62.9 Å². The van der Waals surface area contributed by atoms with E-state index in [9.17, 15) is 18.0 Å². The van der Waals surface area contributed by atoms with Gasteiger partial charge in [-0.1, -0.05) is 12.1 Å². The Hall–Kier alpha value is -3.54. The van der Waals surface area contributed by atoms with Gasteiger partial charge in [0.05, 0.1) is 5.69 Å². The normalized spacial score (nSPS) is 12.9. The summed E-state index contributed by atoms with van der Waals surface area (Å²) < 4.78 is 31.7. The molecular weight excluding hydrogens is 471 g/mol. The van der Waals surface area contributed by atoms with Crippen molar-refractivity contribution < 1.29 is 27.9 Å². The van der Waals surface area contributed by atoms with Gasteiger partial charge in [0, 0.05) is 17.1 Å². The summed E-state index contributed by atoms with van der Waals surface area (Å²) in [4.78, 5) is 29.5. The van der Waals surface area contributed by atoms with Gasteiger partial charge in [0.15, 0.2) is 10.8 Å². The maximum atomic E-state index is 12.8. The van der Waals surface area contributed by atoms with Gasteiger partial charge in [-0.3, -0.25) is 4.79 Å². The number of alkyl halides is 3. The number of rotatable bonds is 3. The lowest BCUT2D eigenvalue weighted by Gasteiger charge is -2.25. The highest BCUT2D eigenvalue weighted by atomic mass is 32.1. The van der Waals surface area contributed by atoms with Crippen molar-refractivity contribution >= 4 is 40.5 Å². The molecule has 0 fully saturated rings. The summed E-state index contributed by atoms with van der Waals surface area (Å²) in [5.41, 5.74) is 3.93. The number of amides is 1. The smallest absolute Gasteiger partial charge is 0.475 e. The Balaban J connectivity index is 0.000000406. The SMILES string of the molecule is Cc1ccc(N2CCCc3sc(C(=O)Nc4cccc(C)c4C)nc32)nn1.O=C(O)C(F)(F)F. The van der Waals surface area contributed by atoms with Gasteiger partial charge < -0.3 is 15.3 Å². The summed E-state index contributed by atoms with van der Waals surface area (Å²) in [5, 5.41) is 19.0. The summed E-state index contributed by atoms with van der Waals surface area (Å²) in [5.74, 6) is -1.32. The maximum absolute atomic E-state index is 12.8. The molecule has 0 spiro atoms. The Bertz CT molecular complexity index is 1200. The standard InChI is InChI=1S/C20H21N5OS.C2HF3O2/c1-12-6-4-7-15(14(12)3)21-19(26)20-22-18-16(27-20)8-5-11-25(18)17-10-9-13(2)23-24-17;3-2(4,5)1(6)7/h4,6-7,9-10H,5,8,11H2,1-3H3,(H,21,26);(H,6,7). The van der Waals surface area contributed by atoms with Crippen molar-refractivity contribution in [3.8, 4) is 0 Å². The number of carboxylic acid groups (broad SMARTS) is 1. The van der Waals surface area contributed by atoms with E-state index in [1.54, 1.807) is 0 Å². The average Bonchev–Trinajstić information content (AvgIpc) is 3.22. The fourth-order valence-corrected chi connectivity index (χ4v) is 4.14. The third-order valence-corrected chi connectivity index (χ3v) is 6.17.